The number of carbonyl (C=O) groups is 3. The van der Waals surface area contributed by atoms with E-state index in [2.05, 4.69) is 5.32 Å². The van der Waals surface area contributed by atoms with Gasteiger partial charge < -0.3 is 20.1 Å². The number of rotatable bonds is 5. The van der Waals surface area contributed by atoms with E-state index >= 15 is 0 Å². The first-order valence-corrected chi connectivity index (χ1v) is 8.03. The molecule has 7 heteroatoms. The molecule has 0 aromatic heterocycles. The number of benzene rings is 1. The molecule has 1 saturated carbocycles. The minimum absolute atomic E-state index is 0.0591. The van der Waals surface area contributed by atoms with Gasteiger partial charge in [-0.15, -0.1) is 0 Å². The molecule has 1 aromatic carbocycles. The molecule has 2 N–H and O–H groups in total. The minimum atomic E-state index is -0.929. The molecule has 24 heavy (non-hydrogen) atoms. The predicted octanol–water partition coefficient (Wildman–Crippen LogP) is 1.87. The topological polar surface area (TPSA) is 95.9 Å². The highest BCUT2D eigenvalue weighted by atomic mass is 16.5. The predicted molar refractivity (Wildman–Crippen MR) is 87.1 cm³/mol. The van der Waals surface area contributed by atoms with Crippen molar-refractivity contribution < 1.29 is 24.2 Å². The molecule has 0 bridgehead atoms. The number of carbonyl (C=O) groups excluding carboxylic acids is 2. The molecule has 2 fully saturated rings. The van der Waals surface area contributed by atoms with E-state index in [1.165, 1.54) is 7.11 Å². The second-order valence-electron chi connectivity index (χ2n) is 6.15. The summed E-state index contributed by atoms with van der Waals surface area (Å²) in [5, 5.41) is 11.8. The van der Waals surface area contributed by atoms with Gasteiger partial charge in [-0.05, 0) is 31.4 Å². The molecule has 2 aliphatic rings. The highest BCUT2D eigenvalue weighted by Crippen LogP contribution is 2.37. The molecular weight excluding hydrogens is 312 g/mol. The van der Waals surface area contributed by atoms with Crippen LogP contribution in [0.15, 0.2) is 18.2 Å². The van der Waals surface area contributed by atoms with Crippen molar-refractivity contribution in [2.24, 2.45) is 11.8 Å². The molecule has 1 saturated heterocycles. The third kappa shape index (κ3) is 2.93. The zero-order chi connectivity index (χ0) is 17.3. The van der Waals surface area contributed by atoms with Gasteiger partial charge in [0.2, 0.25) is 11.8 Å². The van der Waals surface area contributed by atoms with E-state index in [4.69, 9.17) is 9.84 Å². The highest BCUT2D eigenvalue weighted by molar-refractivity contribution is 5.99. The summed E-state index contributed by atoms with van der Waals surface area (Å²) in [6.07, 6.45) is 2.46. The lowest BCUT2D eigenvalue weighted by Crippen LogP contribution is -2.41. The summed E-state index contributed by atoms with van der Waals surface area (Å²) in [6.45, 7) is 0.656. The van der Waals surface area contributed by atoms with E-state index in [1.54, 1.807) is 23.1 Å². The quantitative estimate of drug-likeness (QED) is 0.858. The van der Waals surface area contributed by atoms with Gasteiger partial charge in [-0.3, -0.25) is 14.4 Å². The van der Waals surface area contributed by atoms with E-state index in [0.717, 1.165) is 6.42 Å². The molecule has 0 radical (unpaired) electrons. The van der Waals surface area contributed by atoms with Gasteiger partial charge in [-0.1, -0.05) is 0 Å². The lowest BCUT2D eigenvalue weighted by atomic mass is 9.73. The number of methoxy groups -OCH3 is 1. The van der Waals surface area contributed by atoms with Crippen LogP contribution in [0.3, 0.4) is 0 Å². The van der Waals surface area contributed by atoms with Gasteiger partial charge >= 0.3 is 5.97 Å². The van der Waals surface area contributed by atoms with Crippen molar-refractivity contribution >= 4 is 29.2 Å². The largest absolute Gasteiger partial charge is 0.494 e. The number of carboxylic acids is 1. The lowest BCUT2D eigenvalue weighted by molar-refractivity contribution is -0.151. The Labute approximate surface area is 139 Å². The summed E-state index contributed by atoms with van der Waals surface area (Å²) in [6, 6.07) is 5.11. The summed E-state index contributed by atoms with van der Waals surface area (Å²) in [7, 11) is 1.51. The fourth-order valence-corrected chi connectivity index (χ4v) is 3.23. The molecule has 1 aliphatic carbocycles. The van der Waals surface area contributed by atoms with Gasteiger partial charge in [0.25, 0.3) is 0 Å². The maximum atomic E-state index is 12.2. The third-order valence-corrected chi connectivity index (χ3v) is 4.74. The molecule has 0 spiro atoms. The Bertz CT molecular complexity index is 688. The van der Waals surface area contributed by atoms with Gasteiger partial charge in [0, 0.05) is 24.7 Å². The van der Waals surface area contributed by atoms with Crippen molar-refractivity contribution in [2.45, 2.75) is 25.7 Å². The Morgan fingerprint density at radius 1 is 1.29 bits per heavy atom. The maximum Gasteiger partial charge on any atom is 0.307 e. The number of carboxylic acid groups (broad SMARTS) is 1. The van der Waals surface area contributed by atoms with Gasteiger partial charge in [0.1, 0.15) is 5.75 Å². The molecule has 2 amide bonds. The van der Waals surface area contributed by atoms with Crippen LogP contribution in [0.2, 0.25) is 0 Å². The van der Waals surface area contributed by atoms with Crippen molar-refractivity contribution in [3.8, 4) is 5.75 Å². The van der Waals surface area contributed by atoms with Crippen LogP contribution >= 0.6 is 0 Å². The van der Waals surface area contributed by atoms with Crippen LogP contribution in [-0.2, 0) is 14.4 Å². The Hall–Kier alpha value is -2.57. The Morgan fingerprint density at radius 3 is 2.58 bits per heavy atom. The first-order valence-electron chi connectivity index (χ1n) is 8.03. The number of hydrogen-bond acceptors (Lipinski definition) is 4. The molecular formula is C17H20N2O5. The van der Waals surface area contributed by atoms with Crippen molar-refractivity contribution in [3.05, 3.63) is 18.2 Å². The fourth-order valence-electron chi connectivity index (χ4n) is 3.23. The summed E-state index contributed by atoms with van der Waals surface area (Å²) in [5.41, 5.74) is 1.22. The summed E-state index contributed by atoms with van der Waals surface area (Å²) < 4.78 is 5.35. The van der Waals surface area contributed by atoms with E-state index in [0.29, 0.717) is 42.9 Å². The smallest absolute Gasteiger partial charge is 0.307 e. The molecule has 7 nitrogen and oxygen atoms in total. The van der Waals surface area contributed by atoms with Crippen LogP contribution in [0.4, 0.5) is 11.4 Å². The second kappa shape index (κ2) is 6.51. The van der Waals surface area contributed by atoms with E-state index in [1.807, 2.05) is 0 Å². The average molecular weight is 332 g/mol. The van der Waals surface area contributed by atoms with E-state index in [-0.39, 0.29) is 11.8 Å². The summed E-state index contributed by atoms with van der Waals surface area (Å²) in [5.74, 6) is -1.75. The molecule has 1 aromatic rings. The van der Waals surface area contributed by atoms with E-state index in [9.17, 15) is 14.4 Å². The SMILES string of the molecule is COc1cc(NC(=O)C2CCC2C(=O)O)ccc1N1CCCC1=O. The normalized spacial score (nSPS) is 22.9. The van der Waals surface area contributed by atoms with E-state index < -0.39 is 17.8 Å². The molecule has 2 unspecified atom stereocenters. The van der Waals surface area contributed by atoms with Crippen LogP contribution in [0.1, 0.15) is 25.7 Å². The number of ether oxygens (including phenoxy) is 1. The van der Waals surface area contributed by atoms with Crippen molar-refractivity contribution in [1.29, 1.82) is 0 Å². The standard InChI is InChI=1S/C17H20N2O5/c1-24-14-9-10(4-7-13(14)19-8-2-3-15(19)20)18-16(21)11-5-6-12(11)17(22)23/h4,7,9,11-12H,2-3,5-6,8H2,1H3,(H,18,21)(H,22,23). The van der Waals surface area contributed by atoms with Gasteiger partial charge in [-0.2, -0.15) is 0 Å². The van der Waals surface area contributed by atoms with Crippen LogP contribution in [0.25, 0.3) is 0 Å². The number of anilines is 2. The zero-order valence-corrected chi connectivity index (χ0v) is 13.4. The fraction of sp³-hybridized carbons (Fsp3) is 0.471. The number of amides is 2. The third-order valence-electron chi connectivity index (χ3n) is 4.74. The summed E-state index contributed by atoms with van der Waals surface area (Å²) in [4.78, 5) is 36.8. The average Bonchev–Trinajstić information content (AvgIpc) is 2.91. The molecule has 1 heterocycles. The Balaban J connectivity index is 1.74. The first kappa shape index (κ1) is 16.3. The van der Waals surface area contributed by atoms with Crippen LogP contribution < -0.4 is 15.0 Å². The highest BCUT2D eigenvalue weighted by Gasteiger charge is 2.41. The monoisotopic (exact) mass is 332 g/mol. The zero-order valence-electron chi connectivity index (χ0n) is 13.4. The van der Waals surface area contributed by atoms with Crippen LogP contribution in [0.5, 0.6) is 5.75 Å². The number of nitrogens with zero attached hydrogens (tertiary/aromatic N) is 1. The molecule has 1 aliphatic heterocycles. The maximum absolute atomic E-state index is 12.2. The van der Waals surface area contributed by atoms with Crippen molar-refractivity contribution in [3.63, 3.8) is 0 Å². The second-order valence-corrected chi connectivity index (χ2v) is 6.15. The first-order chi connectivity index (χ1) is 11.5. The van der Waals surface area contributed by atoms with Gasteiger partial charge in [-0.25, -0.2) is 0 Å². The Morgan fingerprint density at radius 2 is 2.04 bits per heavy atom. The number of aliphatic carboxylic acids is 1. The molecule has 2 atom stereocenters. The van der Waals surface area contributed by atoms with Crippen molar-refractivity contribution in [1.82, 2.24) is 0 Å². The molecule has 3 rings (SSSR count). The lowest BCUT2D eigenvalue weighted by Gasteiger charge is -2.32. The van der Waals surface area contributed by atoms with Gasteiger partial charge in [0.15, 0.2) is 0 Å². The number of hydrogen-bond donors (Lipinski definition) is 2. The van der Waals surface area contributed by atoms with Crippen LogP contribution in [-0.4, -0.2) is 36.5 Å². The van der Waals surface area contributed by atoms with Crippen molar-refractivity contribution in [2.75, 3.05) is 23.9 Å². The minimum Gasteiger partial charge on any atom is -0.494 e. The van der Waals surface area contributed by atoms with Gasteiger partial charge in [0.05, 0.1) is 24.6 Å². The number of nitrogens with one attached hydrogen (secondary N) is 1. The van der Waals surface area contributed by atoms with Crippen LogP contribution in [0, 0.1) is 11.8 Å². The summed E-state index contributed by atoms with van der Waals surface area (Å²) >= 11 is 0. The Kier molecular flexibility index (Phi) is 4.42. The molecule has 128 valence electrons.